The van der Waals surface area contributed by atoms with Gasteiger partial charge in [-0.2, -0.15) is 0 Å². The van der Waals surface area contributed by atoms with Gasteiger partial charge in [0.25, 0.3) is 0 Å². The number of esters is 4. The molecule has 0 aromatic carbocycles. The summed E-state index contributed by atoms with van der Waals surface area (Å²) >= 11 is 0. The highest BCUT2D eigenvalue weighted by molar-refractivity contribution is 7.47. The minimum Gasteiger partial charge on any atom is -0.462 e. The number of ether oxygens (including phenoxy) is 4. The van der Waals surface area contributed by atoms with E-state index >= 15 is 0 Å². The smallest absolute Gasteiger partial charge is 0.462 e. The maximum absolute atomic E-state index is 12.9. The highest BCUT2D eigenvalue weighted by Gasteiger charge is 2.30. The Labute approximate surface area is 486 Å². The van der Waals surface area contributed by atoms with Crippen molar-refractivity contribution in [1.82, 2.24) is 0 Å². The standard InChI is InChI=1S/C61H118O17P2/c1-6-10-13-16-19-22-26-31-35-40-45-59(64)72-51-57(78-61(66)47-42-37-32-27-24-23-25-28-33-38-43-54(5)9-4)53-76-80(69,70)74-49-55(62)48-73-79(67,68)75-52-56(77-60(65)46-41-36-30-21-18-15-12-8-3)50-71-58(63)44-39-34-29-20-17-14-11-7-2/h54-57,62H,6-53H2,1-5H3,(H,67,68)(H,69,70)/t54?,55-,56+,57+/m0/s1. The van der Waals surface area contributed by atoms with E-state index in [-0.39, 0.29) is 25.7 Å². The molecule has 0 aliphatic heterocycles. The van der Waals surface area contributed by atoms with Crippen molar-refractivity contribution in [1.29, 1.82) is 0 Å². The molecular weight excluding hydrogens is 1070 g/mol. The molecule has 19 heteroatoms. The van der Waals surface area contributed by atoms with Crippen molar-refractivity contribution in [2.45, 2.75) is 323 Å². The van der Waals surface area contributed by atoms with Gasteiger partial charge in [-0.15, -0.1) is 0 Å². The lowest BCUT2D eigenvalue weighted by Crippen LogP contribution is -2.30. The van der Waals surface area contributed by atoms with Crippen LogP contribution in [0.5, 0.6) is 0 Å². The fraction of sp³-hybridized carbons (Fsp3) is 0.934. The zero-order chi connectivity index (χ0) is 59.2. The Morgan fingerprint density at radius 3 is 0.887 bits per heavy atom. The molecule has 474 valence electrons. The zero-order valence-corrected chi connectivity index (χ0v) is 53.0. The molecule has 0 fully saturated rings. The third kappa shape index (κ3) is 54.0. The molecule has 0 aromatic heterocycles. The van der Waals surface area contributed by atoms with Gasteiger partial charge in [-0.3, -0.25) is 37.3 Å². The average Bonchev–Trinajstić information content (AvgIpc) is 3.43. The van der Waals surface area contributed by atoms with Crippen molar-refractivity contribution in [3.8, 4) is 0 Å². The van der Waals surface area contributed by atoms with Crippen LogP contribution in [0.4, 0.5) is 0 Å². The maximum atomic E-state index is 12.9. The Balaban J connectivity index is 5.21. The van der Waals surface area contributed by atoms with Gasteiger partial charge in [0.05, 0.1) is 26.4 Å². The van der Waals surface area contributed by atoms with Crippen molar-refractivity contribution < 1.29 is 80.2 Å². The summed E-state index contributed by atoms with van der Waals surface area (Å²) in [5.74, 6) is -1.34. The first-order valence-electron chi connectivity index (χ1n) is 32.2. The van der Waals surface area contributed by atoms with Crippen molar-refractivity contribution in [3.05, 3.63) is 0 Å². The molecule has 0 heterocycles. The van der Waals surface area contributed by atoms with Gasteiger partial charge in [-0.1, -0.05) is 253 Å². The molecule has 0 spiro atoms. The number of carbonyl (C=O) groups is 4. The van der Waals surface area contributed by atoms with E-state index < -0.39 is 97.5 Å². The predicted octanol–water partition coefficient (Wildman–Crippen LogP) is 16.6. The maximum Gasteiger partial charge on any atom is 0.472 e. The molecule has 0 aliphatic carbocycles. The summed E-state index contributed by atoms with van der Waals surface area (Å²) in [7, 11) is -9.87. The van der Waals surface area contributed by atoms with Crippen molar-refractivity contribution in [2.24, 2.45) is 5.92 Å². The molecular formula is C61H118O17P2. The van der Waals surface area contributed by atoms with E-state index in [1.165, 1.54) is 116 Å². The van der Waals surface area contributed by atoms with Gasteiger partial charge in [0, 0.05) is 25.7 Å². The summed E-state index contributed by atoms with van der Waals surface area (Å²) in [6, 6.07) is 0. The Kier molecular flexibility index (Phi) is 53.6. The number of phosphoric acid groups is 2. The Bertz CT molecular complexity index is 1570. The van der Waals surface area contributed by atoms with Crippen LogP contribution in [-0.4, -0.2) is 96.7 Å². The zero-order valence-electron chi connectivity index (χ0n) is 51.2. The highest BCUT2D eigenvalue weighted by atomic mass is 31.2. The summed E-state index contributed by atoms with van der Waals surface area (Å²) in [5, 5.41) is 10.5. The van der Waals surface area contributed by atoms with Crippen LogP contribution in [0.15, 0.2) is 0 Å². The molecule has 0 saturated carbocycles. The highest BCUT2D eigenvalue weighted by Crippen LogP contribution is 2.45. The summed E-state index contributed by atoms with van der Waals surface area (Å²) < 4.78 is 67.7. The second-order valence-electron chi connectivity index (χ2n) is 22.3. The normalized spacial score (nSPS) is 14.7. The average molecular weight is 1190 g/mol. The number of hydrogen-bond donors (Lipinski definition) is 3. The first-order valence-corrected chi connectivity index (χ1v) is 35.2. The van der Waals surface area contributed by atoms with E-state index in [9.17, 15) is 43.2 Å². The van der Waals surface area contributed by atoms with Gasteiger partial charge >= 0.3 is 39.5 Å². The molecule has 3 unspecified atom stereocenters. The molecule has 0 aromatic rings. The van der Waals surface area contributed by atoms with E-state index in [0.29, 0.717) is 25.7 Å². The third-order valence-corrected chi connectivity index (χ3v) is 16.3. The lowest BCUT2D eigenvalue weighted by molar-refractivity contribution is -0.161. The van der Waals surface area contributed by atoms with Crippen LogP contribution >= 0.6 is 15.6 Å². The quantitative estimate of drug-likeness (QED) is 0.0222. The molecule has 0 bridgehead atoms. The Morgan fingerprint density at radius 2 is 0.600 bits per heavy atom. The van der Waals surface area contributed by atoms with E-state index in [0.717, 1.165) is 109 Å². The molecule has 80 heavy (non-hydrogen) atoms. The number of phosphoric ester groups is 2. The van der Waals surface area contributed by atoms with Gasteiger partial charge in [0.15, 0.2) is 12.2 Å². The van der Waals surface area contributed by atoms with Crippen molar-refractivity contribution >= 4 is 39.5 Å². The number of aliphatic hydroxyl groups excluding tert-OH is 1. The van der Waals surface area contributed by atoms with Crippen LogP contribution in [0.1, 0.15) is 304 Å². The van der Waals surface area contributed by atoms with Crippen LogP contribution in [0.3, 0.4) is 0 Å². The number of rotatable bonds is 61. The number of unbranched alkanes of at least 4 members (excludes halogenated alkanes) is 32. The topological polar surface area (TPSA) is 237 Å². The predicted molar refractivity (Wildman–Crippen MR) is 317 cm³/mol. The number of aliphatic hydroxyl groups is 1. The second kappa shape index (κ2) is 55.0. The largest absolute Gasteiger partial charge is 0.472 e. The van der Waals surface area contributed by atoms with Gasteiger partial charge < -0.3 is 33.8 Å². The number of hydrogen-bond acceptors (Lipinski definition) is 15. The van der Waals surface area contributed by atoms with Gasteiger partial charge in [0.1, 0.15) is 19.3 Å². The first kappa shape index (κ1) is 78.1. The third-order valence-electron chi connectivity index (χ3n) is 14.4. The summed E-state index contributed by atoms with van der Waals surface area (Å²) in [6.07, 6.45) is 37.5. The molecule has 6 atom stereocenters. The van der Waals surface area contributed by atoms with E-state index in [2.05, 4.69) is 34.6 Å². The minimum absolute atomic E-state index is 0.105. The summed E-state index contributed by atoms with van der Waals surface area (Å²) in [5.41, 5.74) is 0. The molecule has 3 N–H and O–H groups in total. The Morgan fingerprint density at radius 1 is 0.350 bits per heavy atom. The fourth-order valence-electron chi connectivity index (χ4n) is 9.02. The van der Waals surface area contributed by atoms with Gasteiger partial charge in [-0.25, -0.2) is 9.13 Å². The molecule has 0 saturated heterocycles. The van der Waals surface area contributed by atoms with Crippen LogP contribution < -0.4 is 0 Å². The molecule has 0 rings (SSSR count). The molecule has 0 radical (unpaired) electrons. The van der Waals surface area contributed by atoms with Crippen molar-refractivity contribution in [2.75, 3.05) is 39.6 Å². The van der Waals surface area contributed by atoms with E-state index in [1.807, 2.05) is 0 Å². The monoisotopic (exact) mass is 1180 g/mol. The summed E-state index contributed by atoms with van der Waals surface area (Å²) in [4.78, 5) is 71.9. The second-order valence-corrected chi connectivity index (χ2v) is 25.2. The van der Waals surface area contributed by atoms with Crippen LogP contribution in [0.25, 0.3) is 0 Å². The summed E-state index contributed by atoms with van der Waals surface area (Å²) in [6.45, 7) is 7.14. The SMILES string of the molecule is CCCCCCCCCCCCC(=O)OC[C@H](COP(=O)(O)OC[C@@H](O)COP(=O)(O)OC[C@@H](COC(=O)CCCCCCCCCC)OC(=O)CCCCCCCCCC)OC(=O)CCCCCCCCCCCCC(C)CC. The molecule has 0 aliphatic rings. The van der Waals surface area contributed by atoms with Gasteiger partial charge in [0.2, 0.25) is 0 Å². The lowest BCUT2D eigenvalue weighted by Gasteiger charge is -2.21. The molecule has 17 nitrogen and oxygen atoms in total. The van der Waals surface area contributed by atoms with E-state index in [1.54, 1.807) is 0 Å². The Hall–Kier alpha value is -1.94. The fourth-order valence-corrected chi connectivity index (χ4v) is 10.6. The minimum atomic E-state index is -4.94. The van der Waals surface area contributed by atoms with Crippen molar-refractivity contribution in [3.63, 3.8) is 0 Å². The lowest BCUT2D eigenvalue weighted by atomic mass is 9.99. The van der Waals surface area contributed by atoms with Gasteiger partial charge in [-0.05, 0) is 31.6 Å². The van der Waals surface area contributed by atoms with E-state index in [4.69, 9.17) is 37.0 Å². The first-order chi connectivity index (χ1) is 38.6. The van der Waals surface area contributed by atoms with Crippen LogP contribution in [-0.2, 0) is 65.4 Å². The van der Waals surface area contributed by atoms with Crippen LogP contribution in [0, 0.1) is 5.92 Å². The van der Waals surface area contributed by atoms with Crippen LogP contribution in [0.2, 0.25) is 0 Å². The number of carbonyl (C=O) groups excluding carboxylic acids is 4. The molecule has 0 amide bonds.